The number of allylic oxidation sites excluding steroid dienone is 1. The van der Waals surface area contributed by atoms with Crippen LogP contribution in [0, 0.1) is 43.1 Å². The van der Waals surface area contributed by atoms with E-state index in [1.165, 1.54) is 0 Å². The monoisotopic (exact) mass is 298 g/mol. The highest BCUT2D eigenvalue weighted by molar-refractivity contribution is 5.72. The molecule has 0 radical (unpaired) electrons. The highest BCUT2D eigenvalue weighted by Crippen LogP contribution is 2.32. The lowest BCUT2D eigenvalue weighted by molar-refractivity contribution is 1.18. The molecular formula is C19H14N4. The molecule has 0 N–H and O–H groups in total. The molecule has 4 nitrogen and oxygen atoms in total. The molecule has 0 aliphatic carbocycles. The normalized spacial score (nSPS) is 9.17. The lowest BCUT2D eigenvalue weighted by Crippen LogP contribution is -2.16. The van der Waals surface area contributed by atoms with Crippen molar-refractivity contribution in [2.24, 2.45) is 0 Å². The van der Waals surface area contributed by atoms with Crippen LogP contribution in [-0.4, -0.2) is 0 Å². The number of hydrogen-bond acceptors (Lipinski definition) is 3. The maximum atomic E-state index is 9.16. The van der Waals surface area contributed by atoms with Crippen molar-refractivity contribution in [1.82, 2.24) is 0 Å². The van der Waals surface area contributed by atoms with Gasteiger partial charge in [-0.3, -0.25) is 4.90 Å². The van der Waals surface area contributed by atoms with Gasteiger partial charge < -0.3 is 4.85 Å². The zero-order valence-electron chi connectivity index (χ0n) is 12.9. The van der Waals surface area contributed by atoms with Gasteiger partial charge in [0.2, 0.25) is 0 Å². The molecule has 0 bridgehead atoms. The van der Waals surface area contributed by atoms with E-state index in [1.54, 1.807) is 4.90 Å². The molecule has 0 fully saturated rings. The van der Waals surface area contributed by atoms with Crippen LogP contribution in [-0.2, 0) is 0 Å². The van der Waals surface area contributed by atoms with Gasteiger partial charge in [0.25, 0.3) is 5.82 Å². The van der Waals surface area contributed by atoms with E-state index < -0.39 is 0 Å². The summed E-state index contributed by atoms with van der Waals surface area (Å²) in [6, 6.07) is 18.8. The van der Waals surface area contributed by atoms with Crippen LogP contribution >= 0.6 is 0 Å². The van der Waals surface area contributed by atoms with E-state index in [-0.39, 0.29) is 11.4 Å². The number of anilines is 2. The van der Waals surface area contributed by atoms with Gasteiger partial charge in [-0.05, 0) is 38.1 Å². The second-order valence-electron chi connectivity index (χ2n) is 5.04. The minimum absolute atomic E-state index is 0.00251. The summed E-state index contributed by atoms with van der Waals surface area (Å²) >= 11 is 0. The number of benzene rings is 2. The first-order chi connectivity index (χ1) is 11.1. The lowest BCUT2D eigenvalue weighted by Gasteiger charge is -2.21. The second kappa shape index (κ2) is 6.94. The largest absolute Gasteiger partial charge is 0.362 e. The lowest BCUT2D eigenvalue weighted by atomic mass is 10.1. The van der Waals surface area contributed by atoms with Gasteiger partial charge in [-0.1, -0.05) is 42.0 Å². The second-order valence-corrected chi connectivity index (χ2v) is 5.04. The predicted octanol–water partition coefficient (Wildman–Crippen LogP) is 4.62. The molecule has 2 aromatic rings. The van der Waals surface area contributed by atoms with E-state index in [2.05, 4.69) is 4.85 Å². The van der Waals surface area contributed by atoms with Crippen LogP contribution < -0.4 is 4.90 Å². The van der Waals surface area contributed by atoms with Gasteiger partial charge in [-0.15, -0.1) is 0 Å². The first kappa shape index (κ1) is 15.8. The smallest absolute Gasteiger partial charge is 0.263 e. The fraction of sp³-hybridized carbons (Fsp3) is 0.105. The number of nitriles is 2. The summed E-state index contributed by atoms with van der Waals surface area (Å²) in [6.07, 6.45) is 0. The van der Waals surface area contributed by atoms with Crippen LogP contribution in [0.3, 0.4) is 0 Å². The van der Waals surface area contributed by atoms with Gasteiger partial charge in [-0.25, -0.2) is 0 Å². The van der Waals surface area contributed by atoms with Gasteiger partial charge >= 0.3 is 0 Å². The highest BCUT2D eigenvalue weighted by atomic mass is 15.2. The fourth-order valence-electron chi connectivity index (χ4n) is 2.12. The van der Waals surface area contributed by atoms with Crippen molar-refractivity contribution >= 4 is 11.4 Å². The summed E-state index contributed by atoms with van der Waals surface area (Å²) in [6.45, 7) is 11.4. The molecule has 0 amide bonds. The minimum atomic E-state index is -0.207. The van der Waals surface area contributed by atoms with Crippen LogP contribution in [0.1, 0.15) is 11.1 Å². The van der Waals surface area contributed by atoms with Crippen molar-refractivity contribution in [3.8, 4) is 12.1 Å². The molecule has 0 aromatic heterocycles. The molecule has 0 saturated heterocycles. The van der Waals surface area contributed by atoms with Crippen molar-refractivity contribution in [2.75, 3.05) is 4.90 Å². The van der Waals surface area contributed by atoms with E-state index >= 15 is 0 Å². The predicted molar refractivity (Wildman–Crippen MR) is 89.4 cm³/mol. The van der Waals surface area contributed by atoms with E-state index in [0.717, 1.165) is 22.5 Å². The molecule has 4 heteroatoms. The summed E-state index contributed by atoms with van der Waals surface area (Å²) < 4.78 is 0. The maximum absolute atomic E-state index is 9.16. The number of aryl methyl sites for hydroxylation is 2. The molecule has 0 saturated carbocycles. The summed E-state index contributed by atoms with van der Waals surface area (Å²) in [5, 5.41) is 18.3. The third-order valence-electron chi connectivity index (χ3n) is 3.35. The Labute approximate surface area is 136 Å². The van der Waals surface area contributed by atoms with Gasteiger partial charge in [-0.2, -0.15) is 10.5 Å². The molecule has 0 heterocycles. The molecule has 0 aliphatic rings. The first-order valence-corrected chi connectivity index (χ1v) is 6.96. The van der Waals surface area contributed by atoms with Gasteiger partial charge in [0.05, 0.1) is 0 Å². The molecule has 0 aliphatic heterocycles. The molecule has 0 spiro atoms. The Kier molecular flexibility index (Phi) is 4.78. The zero-order valence-corrected chi connectivity index (χ0v) is 12.9. The first-order valence-electron chi connectivity index (χ1n) is 6.96. The Morgan fingerprint density at radius 2 is 1.26 bits per heavy atom. The van der Waals surface area contributed by atoms with Gasteiger partial charge in [0, 0.05) is 0 Å². The Morgan fingerprint density at radius 3 is 1.57 bits per heavy atom. The maximum Gasteiger partial charge on any atom is 0.263 e. The average molecular weight is 298 g/mol. The van der Waals surface area contributed by atoms with Crippen molar-refractivity contribution < 1.29 is 0 Å². The van der Waals surface area contributed by atoms with Crippen LogP contribution in [0.5, 0.6) is 0 Å². The van der Waals surface area contributed by atoms with Crippen molar-refractivity contribution in [3.05, 3.63) is 82.5 Å². The van der Waals surface area contributed by atoms with Crippen molar-refractivity contribution in [3.63, 3.8) is 0 Å². The summed E-state index contributed by atoms with van der Waals surface area (Å²) in [5.41, 5.74) is 3.43. The van der Waals surface area contributed by atoms with Crippen LogP contribution in [0.2, 0.25) is 0 Å². The quantitative estimate of drug-likeness (QED) is 0.613. The molecule has 2 aromatic carbocycles. The Balaban J connectivity index is 2.70. The number of rotatable bonds is 3. The summed E-state index contributed by atoms with van der Waals surface area (Å²) in [7, 11) is 0. The molecule has 2 rings (SSSR count). The topological polar surface area (TPSA) is 55.2 Å². The van der Waals surface area contributed by atoms with Crippen LogP contribution in [0.25, 0.3) is 4.85 Å². The highest BCUT2D eigenvalue weighted by Gasteiger charge is 2.21. The summed E-state index contributed by atoms with van der Waals surface area (Å²) in [5.74, 6) is 0.00251. The minimum Gasteiger partial charge on any atom is -0.362 e. The van der Waals surface area contributed by atoms with Crippen molar-refractivity contribution in [1.29, 1.82) is 10.5 Å². The van der Waals surface area contributed by atoms with Gasteiger partial charge in [0.15, 0.2) is 5.57 Å². The SMILES string of the molecule is [C-]#[N+]C(=C(C#N)C#N)N(c1ccc(C)cc1)c1ccc(C)cc1. The van der Waals surface area contributed by atoms with Gasteiger partial charge in [0.1, 0.15) is 23.5 Å². The Bertz CT molecular complexity index is 793. The molecule has 110 valence electrons. The van der Waals surface area contributed by atoms with E-state index in [9.17, 15) is 0 Å². The van der Waals surface area contributed by atoms with E-state index in [4.69, 9.17) is 17.1 Å². The van der Waals surface area contributed by atoms with E-state index in [0.29, 0.717) is 0 Å². The Hall–Kier alpha value is -3.55. The zero-order chi connectivity index (χ0) is 16.8. The molecule has 0 unspecified atom stereocenters. The Morgan fingerprint density at radius 1 is 0.870 bits per heavy atom. The molecular weight excluding hydrogens is 284 g/mol. The number of nitrogens with zero attached hydrogens (tertiary/aromatic N) is 4. The van der Waals surface area contributed by atoms with Crippen LogP contribution in [0.15, 0.2) is 59.9 Å². The average Bonchev–Trinajstić information content (AvgIpc) is 2.57. The van der Waals surface area contributed by atoms with Crippen LogP contribution in [0.4, 0.5) is 11.4 Å². The number of hydrogen-bond donors (Lipinski definition) is 0. The van der Waals surface area contributed by atoms with Crippen molar-refractivity contribution in [2.45, 2.75) is 13.8 Å². The third-order valence-corrected chi connectivity index (χ3v) is 3.35. The molecule has 0 atom stereocenters. The molecule has 23 heavy (non-hydrogen) atoms. The standard InChI is InChI=1S/C19H14N4/c1-14-4-8-17(9-5-14)23(18-10-6-15(2)7-11-18)19(22-3)16(12-20)13-21/h4-11H,1-2H3. The summed E-state index contributed by atoms with van der Waals surface area (Å²) in [4.78, 5) is 5.07. The fourth-order valence-corrected chi connectivity index (χ4v) is 2.12. The van der Waals surface area contributed by atoms with E-state index in [1.807, 2.05) is 74.5 Å². The third kappa shape index (κ3) is 3.38.